The molecule has 5 aromatic rings. The van der Waals surface area contributed by atoms with Crippen molar-refractivity contribution in [1.82, 2.24) is 9.38 Å². The molecule has 0 aliphatic heterocycles. The third-order valence-electron chi connectivity index (χ3n) is 5.48. The number of rotatable bonds is 3. The molecule has 3 aromatic carbocycles. The van der Waals surface area contributed by atoms with Gasteiger partial charge in [-0.05, 0) is 30.5 Å². The lowest BCUT2D eigenvalue weighted by molar-refractivity contribution is 0.484. The fraction of sp³-hybridized carbons (Fsp3) is 0.0435. The van der Waals surface area contributed by atoms with Gasteiger partial charge in [0, 0.05) is 10.9 Å². The van der Waals surface area contributed by atoms with E-state index < -0.39 is 20.6 Å². The summed E-state index contributed by atoms with van der Waals surface area (Å²) < 4.78 is 35.5. The van der Waals surface area contributed by atoms with E-state index in [2.05, 4.69) is 21.3 Å². The van der Waals surface area contributed by atoms with Crippen molar-refractivity contribution in [3.05, 3.63) is 82.1 Å². The van der Waals surface area contributed by atoms with Crippen LogP contribution in [0, 0.1) is 18.3 Å². The SMILES string of the molecule is Cc1c(N=Nc2ccc3ccccc3c2S(=O)(=O)O)c(=O)n2c([nH]c3ccccc32)c1C#N. The molecule has 0 saturated heterocycles. The van der Waals surface area contributed by atoms with Gasteiger partial charge in [0.25, 0.3) is 15.7 Å². The number of imidazole rings is 1. The van der Waals surface area contributed by atoms with E-state index in [1.807, 2.05) is 0 Å². The molecule has 0 fully saturated rings. The van der Waals surface area contributed by atoms with Crippen molar-refractivity contribution >= 4 is 48.9 Å². The van der Waals surface area contributed by atoms with Crippen LogP contribution in [0.25, 0.3) is 27.5 Å². The van der Waals surface area contributed by atoms with Crippen LogP contribution in [-0.2, 0) is 10.1 Å². The Morgan fingerprint density at radius 1 is 1.03 bits per heavy atom. The Bertz CT molecular complexity index is 1840. The largest absolute Gasteiger partial charge is 0.338 e. The Balaban J connectivity index is 1.80. The summed E-state index contributed by atoms with van der Waals surface area (Å²) in [5.74, 6) is 0. The molecule has 0 amide bonds. The molecular weight excluding hydrogens is 442 g/mol. The third kappa shape index (κ3) is 3.18. The summed E-state index contributed by atoms with van der Waals surface area (Å²) in [5.41, 5.74) is 1.33. The van der Waals surface area contributed by atoms with E-state index in [0.29, 0.717) is 27.6 Å². The molecule has 0 bridgehead atoms. The number of nitriles is 1. The van der Waals surface area contributed by atoms with Crippen LogP contribution in [0.15, 0.2) is 80.6 Å². The molecular formula is C23H15N5O4S. The van der Waals surface area contributed by atoms with Gasteiger partial charge in [-0.3, -0.25) is 13.7 Å². The molecule has 33 heavy (non-hydrogen) atoms. The Labute approximate surface area is 187 Å². The van der Waals surface area contributed by atoms with Gasteiger partial charge >= 0.3 is 0 Å². The van der Waals surface area contributed by atoms with E-state index in [0.717, 1.165) is 0 Å². The molecule has 0 atom stereocenters. The Morgan fingerprint density at radius 3 is 2.52 bits per heavy atom. The number of nitrogens with one attached hydrogen (secondary N) is 1. The normalized spacial score (nSPS) is 12.2. The minimum atomic E-state index is -4.65. The standard InChI is InChI=1S/C23H15N5O4S/c1-13-16(12-24)22-25-17-8-4-5-9-19(17)28(22)23(29)20(13)27-26-18-11-10-14-6-2-3-7-15(14)21(18)33(30,31)32/h2-11,25H,1H3,(H,30,31,32). The number of pyridine rings is 1. The number of H-pyrrole nitrogens is 1. The van der Waals surface area contributed by atoms with Gasteiger partial charge in [-0.1, -0.05) is 42.5 Å². The predicted molar refractivity (Wildman–Crippen MR) is 123 cm³/mol. The molecule has 2 heterocycles. The van der Waals surface area contributed by atoms with Gasteiger partial charge in [-0.25, -0.2) is 0 Å². The van der Waals surface area contributed by atoms with Crippen LogP contribution < -0.4 is 5.56 Å². The monoisotopic (exact) mass is 457 g/mol. The molecule has 0 radical (unpaired) electrons. The van der Waals surface area contributed by atoms with Gasteiger partial charge in [-0.15, -0.1) is 10.2 Å². The first-order valence-electron chi connectivity index (χ1n) is 9.78. The summed E-state index contributed by atoms with van der Waals surface area (Å²) in [6.07, 6.45) is 0. The van der Waals surface area contributed by atoms with Crippen molar-refractivity contribution in [1.29, 1.82) is 5.26 Å². The number of para-hydroxylation sites is 2. The van der Waals surface area contributed by atoms with Crippen molar-refractivity contribution in [3.8, 4) is 6.07 Å². The minimum absolute atomic E-state index is 0.108. The lowest BCUT2D eigenvalue weighted by atomic mass is 10.1. The highest BCUT2D eigenvalue weighted by atomic mass is 32.2. The molecule has 0 aliphatic carbocycles. The maximum Gasteiger partial charge on any atom is 0.297 e. The second kappa shape index (κ2) is 7.37. The number of aromatic amines is 1. The van der Waals surface area contributed by atoms with Crippen LogP contribution in [0.1, 0.15) is 11.1 Å². The molecule has 162 valence electrons. The molecule has 0 spiro atoms. The highest BCUT2D eigenvalue weighted by Crippen LogP contribution is 2.34. The van der Waals surface area contributed by atoms with Crippen molar-refractivity contribution in [2.75, 3.05) is 0 Å². The van der Waals surface area contributed by atoms with Gasteiger partial charge in [0.15, 0.2) is 5.69 Å². The minimum Gasteiger partial charge on any atom is -0.338 e. The Hall–Kier alpha value is -4.33. The summed E-state index contributed by atoms with van der Waals surface area (Å²) in [4.78, 5) is 16.0. The first kappa shape index (κ1) is 20.6. The lowest BCUT2D eigenvalue weighted by Gasteiger charge is -2.07. The number of hydrogen-bond acceptors (Lipinski definition) is 6. The van der Waals surface area contributed by atoms with Crippen molar-refractivity contribution in [2.24, 2.45) is 10.2 Å². The smallest absolute Gasteiger partial charge is 0.297 e. The topological polar surface area (TPSA) is 140 Å². The van der Waals surface area contributed by atoms with Gasteiger partial charge in [0.05, 0.1) is 16.6 Å². The molecule has 10 heteroatoms. The van der Waals surface area contributed by atoms with E-state index in [1.165, 1.54) is 10.5 Å². The number of aromatic nitrogens is 2. The van der Waals surface area contributed by atoms with Crippen LogP contribution in [0.2, 0.25) is 0 Å². The Morgan fingerprint density at radius 2 is 1.76 bits per heavy atom. The third-order valence-corrected chi connectivity index (χ3v) is 6.43. The van der Waals surface area contributed by atoms with Crippen LogP contribution in [-0.4, -0.2) is 22.4 Å². The number of benzene rings is 3. The zero-order chi connectivity index (χ0) is 23.3. The number of fused-ring (bicyclic) bond motifs is 4. The zero-order valence-electron chi connectivity index (χ0n) is 17.1. The lowest BCUT2D eigenvalue weighted by Crippen LogP contribution is -2.14. The van der Waals surface area contributed by atoms with Gasteiger partial charge < -0.3 is 4.98 Å². The van der Waals surface area contributed by atoms with E-state index in [4.69, 9.17) is 0 Å². The summed E-state index contributed by atoms with van der Waals surface area (Å²) in [6.45, 7) is 1.57. The number of hydrogen-bond donors (Lipinski definition) is 2. The maximum absolute atomic E-state index is 13.3. The van der Waals surface area contributed by atoms with Crippen molar-refractivity contribution < 1.29 is 13.0 Å². The zero-order valence-corrected chi connectivity index (χ0v) is 18.0. The Kier molecular flexibility index (Phi) is 4.59. The van der Waals surface area contributed by atoms with E-state index in [1.54, 1.807) is 61.5 Å². The molecule has 0 unspecified atom stereocenters. The molecule has 5 rings (SSSR count). The van der Waals surface area contributed by atoms with E-state index in [-0.39, 0.29) is 22.3 Å². The number of nitrogens with zero attached hydrogens (tertiary/aromatic N) is 4. The van der Waals surface area contributed by atoms with Crippen LogP contribution >= 0.6 is 0 Å². The van der Waals surface area contributed by atoms with Crippen LogP contribution in [0.3, 0.4) is 0 Å². The highest BCUT2D eigenvalue weighted by molar-refractivity contribution is 7.86. The molecule has 2 N–H and O–H groups in total. The molecule has 0 saturated carbocycles. The van der Waals surface area contributed by atoms with Gasteiger partial charge in [0.1, 0.15) is 22.3 Å². The van der Waals surface area contributed by atoms with E-state index in [9.17, 15) is 23.0 Å². The van der Waals surface area contributed by atoms with E-state index >= 15 is 0 Å². The highest BCUT2D eigenvalue weighted by Gasteiger charge is 2.21. The predicted octanol–water partition coefficient (Wildman–Crippen LogP) is 4.78. The molecule has 0 aliphatic rings. The van der Waals surface area contributed by atoms with Crippen LogP contribution in [0.5, 0.6) is 0 Å². The van der Waals surface area contributed by atoms with Crippen molar-refractivity contribution in [3.63, 3.8) is 0 Å². The molecule has 9 nitrogen and oxygen atoms in total. The quantitative estimate of drug-likeness (QED) is 0.296. The van der Waals surface area contributed by atoms with Crippen LogP contribution in [0.4, 0.5) is 11.4 Å². The second-order valence-electron chi connectivity index (χ2n) is 7.40. The maximum atomic E-state index is 13.3. The average Bonchev–Trinajstić information content (AvgIpc) is 3.17. The summed E-state index contributed by atoms with van der Waals surface area (Å²) in [5, 5.41) is 18.7. The fourth-order valence-corrected chi connectivity index (χ4v) is 4.80. The second-order valence-corrected chi connectivity index (χ2v) is 8.76. The summed E-state index contributed by atoms with van der Waals surface area (Å²) >= 11 is 0. The van der Waals surface area contributed by atoms with Gasteiger partial charge in [0.2, 0.25) is 0 Å². The first-order chi connectivity index (χ1) is 15.8. The van der Waals surface area contributed by atoms with Gasteiger partial charge in [-0.2, -0.15) is 13.7 Å². The number of azo groups is 1. The van der Waals surface area contributed by atoms with Crippen molar-refractivity contribution in [2.45, 2.75) is 11.8 Å². The summed E-state index contributed by atoms with van der Waals surface area (Å²) in [7, 11) is -4.65. The fourth-order valence-electron chi connectivity index (χ4n) is 3.97. The molecule has 2 aromatic heterocycles. The summed E-state index contributed by atoms with van der Waals surface area (Å²) in [6, 6.07) is 18.8. The average molecular weight is 457 g/mol. The first-order valence-corrected chi connectivity index (χ1v) is 11.2.